The van der Waals surface area contributed by atoms with Gasteiger partial charge in [-0.15, -0.1) is 0 Å². The van der Waals surface area contributed by atoms with E-state index in [0.29, 0.717) is 6.42 Å². The lowest BCUT2D eigenvalue weighted by atomic mass is 10.1. The summed E-state index contributed by atoms with van der Waals surface area (Å²) in [6, 6.07) is 25.3. The van der Waals surface area contributed by atoms with Crippen molar-refractivity contribution < 1.29 is 10.0 Å². The van der Waals surface area contributed by atoms with Gasteiger partial charge in [0.1, 0.15) is 0 Å². The van der Waals surface area contributed by atoms with E-state index >= 15 is 0 Å². The maximum absolute atomic E-state index is 11.2. The number of carbonyl (C=O) groups excluding carboxylic acids is 1. The highest BCUT2D eigenvalue weighted by Gasteiger charge is 2.22. The van der Waals surface area contributed by atoms with E-state index in [1.165, 1.54) is 26.7 Å². The molecule has 2 N–H and O–H groups in total. The van der Waals surface area contributed by atoms with E-state index in [4.69, 9.17) is 5.21 Å². The second kappa shape index (κ2) is 7.86. The Labute approximate surface area is 162 Å². The van der Waals surface area contributed by atoms with Crippen LogP contribution in [-0.4, -0.2) is 11.1 Å². The monoisotopic (exact) mass is 376 g/mol. The van der Waals surface area contributed by atoms with E-state index in [-0.39, 0.29) is 12.3 Å². The molecule has 136 valence electrons. The number of hydroxylamine groups is 1. The third-order valence-electron chi connectivity index (χ3n) is 4.66. The molecule has 1 aliphatic heterocycles. The predicted molar refractivity (Wildman–Crippen MR) is 108 cm³/mol. The van der Waals surface area contributed by atoms with Crippen molar-refractivity contribution in [2.75, 3.05) is 4.90 Å². The van der Waals surface area contributed by atoms with E-state index in [2.05, 4.69) is 77.7 Å². The Balaban J connectivity index is 1.57. The van der Waals surface area contributed by atoms with Gasteiger partial charge in [0.15, 0.2) is 0 Å². The lowest BCUT2D eigenvalue weighted by Gasteiger charge is -2.32. The molecule has 0 atom stereocenters. The number of benzene rings is 3. The molecule has 0 radical (unpaired) electrons. The molecule has 0 aliphatic carbocycles. The van der Waals surface area contributed by atoms with Crippen LogP contribution >= 0.6 is 11.8 Å². The number of hydrogen-bond donors (Lipinski definition) is 2. The van der Waals surface area contributed by atoms with Gasteiger partial charge in [0, 0.05) is 22.8 Å². The van der Waals surface area contributed by atoms with Crippen LogP contribution < -0.4 is 10.4 Å². The second-order valence-corrected chi connectivity index (χ2v) is 7.56. The van der Waals surface area contributed by atoms with Gasteiger partial charge in [-0.25, -0.2) is 5.48 Å². The van der Waals surface area contributed by atoms with Crippen molar-refractivity contribution in [1.82, 2.24) is 5.48 Å². The summed E-state index contributed by atoms with van der Waals surface area (Å²) in [5, 5.41) is 8.59. The Morgan fingerprint density at radius 1 is 0.852 bits per heavy atom. The summed E-state index contributed by atoms with van der Waals surface area (Å²) in [6.45, 7) is 0.784. The molecule has 4 nitrogen and oxygen atoms in total. The van der Waals surface area contributed by atoms with Crippen molar-refractivity contribution in [3.05, 3.63) is 83.9 Å². The maximum atomic E-state index is 11.2. The van der Waals surface area contributed by atoms with Gasteiger partial charge in [-0.1, -0.05) is 60.3 Å². The summed E-state index contributed by atoms with van der Waals surface area (Å²) >= 11 is 1.81. The molecule has 3 aromatic carbocycles. The van der Waals surface area contributed by atoms with Crippen molar-refractivity contribution in [2.24, 2.45) is 0 Å². The number of amides is 1. The number of carbonyl (C=O) groups is 1. The van der Waals surface area contributed by atoms with E-state index < -0.39 is 0 Å². The van der Waals surface area contributed by atoms with Gasteiger partial charge >= 0.3 is 0 Å². The zero-order valence-corrected chi connectivity index (χ0v) is 15.6. The summed E-state index contributed by atoms with van der Waals surface area (Å²) < 4.78 is 0. The second-order valence-electron chi connectivity index (χ2n) is 6.48. The average molecular weight is 376 g/mol. The minimum Gasteiger partial charge on any atom is -0.335 e. The summed E-state index contributed by atoms with van der Waals surface area (Å²) in [5.74, 6) is -0.363. The largest absolute Gasteiger partial charge is 0.335 e. The average Bonchev–Trinajstić information content (AvgIpc) is 2.72. The zero-order valence-electron chi connectivity index (χ0n) is 14.8. The Bertz CT molecular complexity index is 911. The highest BCUT2D eigenvalue weighted by atomic mass is 32.2. The number of nitrogens with one attached hydrogen (secondary N) is 1. The molecule has 0 saturated heterocycles. The first kappa shape index (κ1) is 17.6. The van der Waals surface area contributed by atoms with Crippen LogP contribution in [0.25, 0.3) is 0 Å². The van der Waals surface area contributed by atoms with Crippen LogP contribution in [-0.2, 0) is 17.8 Å². The SMILES string of the molecule is O=C(CCc1ccc(CN2c3ccccc3Sc3ccccc32)cc1)NO. The predicted octanol–water partition coefficient (Wildman–Crippen LogP) is 4.93. The van der Waals surface area contributed by atoms with Gasteiger partial charge in [-0.05, 0) is 41.8 Å². The van der Waals surface area contributed by atoms with Crippen LogP contribution in [0.2, 0.25) is 0 Å². The van der Waals surface area contributed by atoms with Crippen molar-refractivity contribution in [1.29, 1.82) is 0 Å². The van der Waals surface area contributed by atoms with Crippen LogP contribution in [0.15, 0.2) is 82.6 Å². The van der Waals surface area contributed by atoms with Crippen molar-refractivity contribution in [2.45, 2.75) is 29.2 Å². The molecule has 5 heteroatoms. The Morgan fingerprint density at radius 2 is 1.41 bits per heavy atom. The number of aryl methyl sites for hydroxylation is 1. The van der Waals surface area contributed by atoms with Crippen molar-refractivity contribution in [3.63, 3.8) is 0 Å². The minimum atomic E-state index is -0.363. The molecule has 27 heavy (non-hydrogen) atoms. The van der Waals surface area contributed by atoms with Crippen LogP contribution in [0, 0.1) is 0 Å². The number of fused-ring (bicyclic) bond motifs is 2. The van der Waals surface area contributed by atoms with Gasteiger partial charge < -0.3 is 4.90 Å². The molecule has 0 bridgehead atoms. The molecule has 0 saturated carbocycles. The number of rotatable bonds is 5. The van der Waals surface area contributed by atoms with Gasteiger partial charge in [0.25, 0.3) is 0 Å². The Hall–Kier alpha value is -2.76. The molecule has 0 unspecified atom stereocenters. The van der Waals surface area contributed by atoms with Crippen LogP contribution in [0.1, 0.15) is 17.5 Å². The molecule has 1 aliphatic rings. The number of nitrogens with zero attached hydrogens (tertiary/aromatic N) is 1. The first-order valence-corrected chi connectivity index (χ1v) is 9.70. The fraction of sp³-hybridized carbons (Fsp3) is 0.136. The summed E-state index contributed by atoms with van der Waals surface area (Å²) in [5.41, 5.74) is 6.42. The summed E-state index contributed by atoms with van der Waals surface area (Å²) in [7, 11) is 0. The standard InChI is InChI=1S/C22H20N2O2S/c25-22(23-26)14-13-16-9-11-17(12-10-16)15-24-18-5-1-3-7-20(18)27-21-8-4-2-6-19(21)24/h1-12,26H,13-15H2,(H,23,25). The minimum absolute atomic E-state index is 0.278. The van der Waals surface area contributed by atoms with E-state index in [0.717, 1.165) is 12.1 Å². The molecular formula is C22H20N2O2S. The maximum Gasteiger partial charge on any atom is 0.243 e. The fourth-order valence-corrected chi connectivity index (χ4v) is 4.35. The van der Waals surface area contributed by atoms with Crippen LogP contribution in [0.3, 0.4) is 0 Å². The fourth-order valence-electron chi connectivity index (χ4n) is 3.26. The highest BCUT2D eigenvalue weighted by molar-refractivity contribution is 7.99. The van der Waals surface area contributed by atoms with Crippen LogP contribution in [0.4, 0.5) is 11.4 Å². The molecule has 1 amide bonds. The first-order chi connectivity index (χ1) is 13.2. The van der Waals surface area contributed by atoms with Gasteiger partial charge in [-0.3, -0.25) is 10.0 Å². The zero-order chi connectivity index (χ0) is 18.6. The van der Waals surface area contributed by atoms with E-state index in [1.807, 2.05) is 11.8 Å². The summed E-state index contributed by atoms with van der Waals surface area (Å²) in [6.07, 6.45) is 0.888. The first-order valence-electron chi connectivity index (χ1n) is 8.89. The lowest BCUT2D eigenvalue weighted by molar-refractivity contribution is -0.129. The third kappa shape index (κ3) is 3.84. The normalized spacial score (nSPS) is 12.3. The topological polar surface area (TPSA) is 52.6 Å². The number of para-hydroxylation sites is 2. The third-order valence-corrected chi connectivity index (χ3v) is 5.79. The van der Waals surface area contributed by atoms with E-state index in [9.17, 15) is 4.79 Å². The number of hydrogen-bond acceptors (Lipinski definition) is 4. The van der Waals surface area contributed by atoms with Crippen molar-refractivity contribution in [3.8, 4) is 0 Å². The molecule has 3 aromatic rings. The Morgan fingerprint density at radius 3 is 2.00 bits per heavy atom. The molecule has 0 fully saturated rings. The molecule has 0 aromatic heterocycles. The smallest absolute Gasteiger partial charge is 0.243 e. The summed E-state index contributed by atoms with van der Waals surface area (Å²) in [4.78, 5) is 16.1. The number of anilines is 2. The molecular weight excluding hydrogens is 356 g/mol. The molecule has 0 spiro atoms. The van der Waals surface area contributed by atoms with Gasteiger partial charge in [-0.2, -0.15) is 0 Å². The quantitative estimate of drug-likeness (QED) is 0.490. The molecule has 1 heterocycles. The van der Waals surface area contributed by atoms with Crippen molar-refractivity contribution >= 4 is 29.0 Å². The lowest BCUT2D eigenvalue weighted by Crippen LogP contribution is -2.20. The highest BCUT2D eigenvalue weighted by Crippen LogP contribution is 2.48. The van der Waals surface area contributed by atoms with Gasteiger partial charge in [0.2, 0.25) is 5.91 Å². The Kier molecular flexibility index (Phi) is 5.14. The van der Waals surface area contributed by atoms with Crippen LogP contribution in [0.5, 0.6) is 0 Å². The van der Waals surface area contributed by atoms with Gasteiger partial charge in [0.05, 0.1) is 11.4 Å². The molecule has 4 rings (SSSR count). The van der Waals surface area contributed by atoms with E-state index in [1.54, 1.807) is 5.48 Å².